The molecule has 0 unspecified atom stereocenters. The maximum absolute atomic E-state index is 12.9. The van der Waals surface area contributed by atoms with Crippen LogP contribution in [0, 0.1) is 0 Å². The lowest BCUT2D eigenvalue weighted by atomic mass is 10.1. The number of carbonyl (C=O) groups is 1. The highest BCUT2D eigenvalue weighted by Gasteiger charge is 2.41. The second kappa shape index (κ2) is 7.99. The third-order valence-electron chi connectivity index (χ3n) is 3.64. The standard InChI is InChI=1S/C16H18ClF3N4O/c1-24(6-4-21)7-5-22-14-11-3-2-10(17)8-13(11)23-9-12(14)15(25)16(18,19)20/h2-3,8-9H,4-7,21H2,1H3,(H,22,23). The van der Waals surface area contributed by atoms with E-state index in [4.69, 9.17) is 17.3 Å². The number of carbonyl (C=O) groups excluding carboxylic acids is 1. The van der Waals surface area contributed by atoms with Crippen LogP contribution < -0.4 is 11.1 Å². The number of nitrogens with zero attached hydrogens (tertiary/aromatic N) is 2. The zero-order chi connectivity index (χ0) is 18.6. The lowest BCUT2D eigenvalue weighted by Gasteiger charge is -2.19. The summed E-state index contributed by atoms with van der Waals surface area (Å²) in [6, 6.07) is 4.62. The summed E-state index contributed by atoms with van der Waals surface area (Å²) < 4.78 is 38.6. The van der Waals surface area contributed by atoms with E-state index in [0.29, 0.717) is 42.1 Å². The molecule has 3 N–H and O–H groups in total. The number of pyridine rings is 1. The Kier molecular flexibility index (Phi) is 6.21. The van der Waals surface area contributed by atoms with Crippen LogP contribution in [0.3, 0.4) is 0 Å². The highest BCUT2D eigenvalue weighted by Crippen LogP contribution is 2.32. The van der Waals surface area contributed by atoms with Crippen LogP contribution in [-0.4, -0.2) is 55.1 Å². The van der Waals surface area contributed by atoms with Gasteiger partial charge < -0.3 is 16.0 Å². The van der Waals surface area contributed by atoms with E-state index in [0.717, 1.165) is 6.20 Å². The van der Waals surface area contributed by atoms with Gasteiger partial charge in [0.25, 0.3) is 5.78 Å². The van der Waals surface area contributed by atoms with Crippen LogP contribution in [0.15, 0.2) is 24.4 Å². The minimum Gasteiger partial charge on any atom is -0.383 e. The molecule has 25 heavy (non-hydrogen) atoms. The molecule has 136 valence electrons. The molecule has 2 rings (SSSR count). The maximum Gasteiger partial charge on any atom is 0.455 e. The number of likely N-dealkylation sites (N-methyl/N-ethyl adjacent to an activating group) is 1. The summed E-state index contributed by atoms with van der Waals surface area (Å²) in [5.74, 6) is -1.94. The van der Waals surface area contributed by atoms with Crippen molar-refractivity contribution in [1.82, 2.24) is 9.88 Å². The van der Waals surface area contributed by atoms with Crippen LogP contribution in [0.5, 0.6) is 0 Å². The summed E-state index contributed by atoms with van der Waals surface area (Å²) in [6.45, 7) is 2.03. The van der Waals surface area contributed by atoms with Gasteiger partial charge in [-0.2, -0.15) is 13.2 Å². The second-order valence-corrected chi connectivity index (χ2v) is 5.99. The molecule has 1 aromatic carbocycles. The summed E-state index contributed by atoms with van der Waals surface area (Å²) in [5.41, 5.74) is 5.46. The minimum atomic E-state index is -4.98. The first-order valence-electron chi connectivity index (χ1n) is 7.56. The van der Waals surface area contributed by atoms with Crippen molar-refractivity contribution in [3.05, 3.63) is 35.0 Å². The van der Waals surface area contributed by atoms with E-state index < -0.39 is 17.5 Å². The van der Waals surface area contributed by atoms with Gasteiger partial charge in [0.15, 0.2) is 0 Å². The van der Waals surface area contributed by atoms with Gasteiger partial charge in [-0.25, -0.2) is 0 Å². The minimum absolute atomic E-state index is 0.102. The van der Waals surface area contributed by atoms with Crippen molar-refractivity contribution < 1.29 is 18.0 Å². The van der Waals surface area contributed by atoms with E-state index >= 15 is 0 Å². The van der Waals surface area contributed by atoms with Gasteiger partial charge in [0.2, 0.25) is 0 Å². The monoisotopic (exact) mass is 374 g/mol. The van der Waals surface area contributed by atoms with Crippen molar-refractivity contribution in [3.63, 3.8) is 0 Å². The number of hydrogen-bond acceptors (Lipinski definition) is 5. The van der Waals surface area contributed by atoms with Gasteiger partial charge in [-0.3, -0.25) is 9.78 Å². The number of ketones is 1. The maximum atomic E-state index is 12.9. The normalized spacial score (nSPS) is 12.0. The third-order valence-corrected chi connectivity index (χ3v) is 3.87. The van der Waals surface area contributed by atoms with Crippen LogP contribution >= 0.6 is 11.6 Å². The molecule has 0 amide bonds. The van der Waals surface area contributed by atoms with Gasteiger partial charge in [-0.15, -0.1) is 0 Å². The molecular weight excluding hydrogens is 357 g/mol. The number of rotatable bonds is 7. The van der Waals surface area contributed by atoms with E-state index in [1.165, 1.54) is 6.07 Å². The number of benzene rings is 1. The Morgan fingerprint density at radius 2 is 2.08 bits per heavy atom. The van der Waals surface area contributed by atoms with Gasteiger partial charge in [0, 0.05) is 42.8 Å². The zero-order valence-electron chi connectivity index (χ0n) is 13.5. The zero-order valence-corrected chi connectivity index (χ0v) is 14.3. The van der Waals surface area contributed by atoms with Gasteiger partial charge in [-0.1, -0.05) is 11.6 Å². The summed E-state index contributed by atoms with van der Waals surface area (Å²) >= 11 is 5.90. The van der Waals surface area contributed by atoms with E-state index in [2.05, 4.69) is 10.3 Å². The summed E-state index contributed by atoms with van der Waals surface area (Å²) in [5, 5.41) is 3.74. The van der Waals surface area contributed by atoms with Crippen LogP contribution in [0.25, 0.3) is 10.9 Å². The molecule has 2 aromatic rings. The molecule has 0 saturated carbocycles. The van der Waals surface area contributed by atoms with Gasteiger partial charge in [-0.05, 0) is 25.2 Å². The SMILES string of the molecule is CN(CCN)CCNc1c(C(=O)C(F)(F)F)cnc2cc(Cl)ccc12. The van der Waals surface area contributed by atoms with E-state index in [1.807, 2.05) is 11.9 Å². The molecule has 0 fully saturated rings. The number of Topliss-reactive ketones (excluding diaryl/α,β-unsaturated/α-hetero) is 1. The molecule has 0 aliphatic carbocycles. The molecule has 0 aliphatic heterocycles. The third kappa shape index (κ3) is 4.81. The molecule has 5 nitrogen and oxygen atoms in total. The van der Waals surface area contributed by atoms with Gasteiger partial charge in [0.1, 0.15) is 0 Å². The lowest BCUT2D eigenvalue weighted by molar-refractivity contribution is -0.0884. The van der Waals surface area contributed by atoms with E-state index in [1.54, 1.807) is 12.1 Å². The van der Waals surface area contributed by atoms with Crippen molar-refractivity contribution in [1.29, 1.82) is 0 Å². The number of alkyl halides is 3. The molecule has 9 heteroatoms. The predicted molar refractivity (Wildman–Crippen MR) is 92.2 cm³/mol. The number of hydrogen-bond donors (Lipinski definition) is 2. The van der Waals surface area contributed by atoms with Crippen molar-refractivity contribution >= 4 is 34.0 Å². The average Bonchev–Trinajstić information content (AvgIpc) is 2.53. The average molecular weight is 375 g/mol. The molecule has 0 aliphatic rings. The number of nitrogens with one attached hydrogen (secondary N) is 1. The van der Waals surface area contributed by atoms with E-state index in [-0.39, 0.29) is 5.69 Å². The van der Waals surface area contributed by atoms with Crippen LogP contribution in [0.2, 0.25) is 5.02 Å². The van der Waals surface area contributed by atoms with Crippen molar-refractivity contribution in [3.8, 4) is 0 Å². The molecular formula is C16H18ClF3N4O. The Hall–Kier alpha value is -1.90. The number of halogens is 4. The molecule has 0 spiro atoms. The molecule has 0 bridgehead atoms. The van der Waals surface area contributed by atoms with Crippen molar-refractivity contribution in [2.24, 2.45) is 5.73 Å². The summed E-state index contributed by atoms with van der Waals surface area (Å²) in [4.78, 5) is 17.6. The second-order valence-electron chi connectivity index (χ2n) is 5.55. The number of anilines is 1. The largest absolute Gasteiger partial charge is 0.455 e. The van der Waals surface area contributed by atoms with Crippen LogP contribution in [0.1, 0.15) is 10.4 Å². The van der Waals surface area contributed by atoms with Crippen LogP contribution in [-0.2, 0) is 0 Å². The predicted octanol–water partition coefficient (Wildman–Crippen LogP) is 2.94. The van der Waals surface area contributed by atoms with Gasteiger partial charge >= 0.3 is 6.18 Å². The highest BCUT2D eigenvalue weighted by molar-refractivity contribution is 6.31. The Morgan fingerprint density at radius 1 is 1.36 bits per heavy atom. The van der Waals surface area contributed by atoms with Crippen LogP contribution in [0.4, 0.5) is 18.9 Å². The molecule has 0 atom stereocenters. The number of nitrogens with two attached hydrogens (primary N) is 1. The first kappa shape index (κ1) is 19.4. The Labute approximate surface area is 147 Å². The quantitative estimate of drug-likeness (QED) is 0.729. The van der Waals surface area contributed by atoms with Gasteiger partial charge in [0.05, 0.1) is 16.8 Å². The van der Waals surface area contributed by atoms with Crippen molar-refractivity contribution in [2.45, 2.75) is 6.18 Å². The Balaban J connectivity index is 2.39. The fourth-order valence-corrected chi connectivity index (χ4v) is 2.55. The van der Waals surface area contributed by atoms with Crippen molar-refractivity contribution in [2.75, 3.05) is 38.5 Å². The smallest absolute Gasteiger partial charge is 0.383 e. The lowest BCUT2D eigenvalue weighted by Crippen LogP contribution is -2.30. The van der Waals surface area contributed by atoms with E-state index in [9.17, 15) is 18.0 Å². The summed E-state index contributed by atoms with van der Waals surface area (Å²) in [7, 11) is 1.85. The molecule has 1 heterocycles. The highest BCUT2D eigenvalue weighted by atomic mass is 35.5. The number of aromatic nitrogens is 1. The molecule has 0 radical (unpaired) electrons. The fourth-order valence-electron chi connectivity index (χ4n) is 2.39. The molecule has 1 aromatic heterocycles. The summed E-state index contributed by atoms with van der Waals surface area (Å²) in [6.07, 6.45) is -4.05. The first-order valence-corrected chi connectivity index (χ1v) is 7.94. The fraction of sp³-hybridized carbons (Fsp3) is 0.375. The molecule has 0 saturated heterocycles. The first-order chi connectivity index (χ1) is 11.7. The number of fused-ring (bicyclic) bond motifs is 1. The Morgan fingerprint density at radius 3 is 2.72 bits per heavy atom. The Bertz CT molecular complexity index is 767. The topological polar surface area (TPSA) is 71.2 Å².